The van der Waals surface area contributed by atoms with Crippen LogP contribution >= 0.6 is 0 Å². The number of anilines is 1. The van der Waals surface area contributed by atoms with Gasteiger partial charge in [-0.25, -0.2) is 9.98 Å². The molecule has 2 aromatic rings. The lowest BCUT2D eigenvalue weighted by Crippen LogP contribution is -2.63. The molecule has 7 heteroatoms. The number of benzene rings is 1. The fourth-order valence-electron chi connectivity index (χ4n) is 4.59. The van der Waals surface area contributed by atoms with Crippen LogP contribution < -0.4 is 10.2 Å². The lowest BCUT2D eigenvalue weighted by atomic mass is 10.1. The van der Waals surface area contributed by atoms with Crippen molar-refractivity contribution in [1.82, 2.24) is 19.8 Å². The molecule has 5 rings (SSSR count). The summed E-state index contributed by atoms with van der Waals surface area (Å²) in [6.45, 7) is 3.31. The van der Waals surface area contributed by atoms with Crippen molar-refractivity contribution in [3.63, 3.8) is 0 Å². The quantitative estimate of drug-likeness (QED) is 0.854. The fourth-order valence-corrected chi connectivity index (χ4v) is 4.59. The smallest absolute Gasteiger partial charge is 0.216 e. The second-order valence-electron chi connectivity index (χ2n) is 7.53. The van der Waals surface area contributed by atoms with Crippen molar-refractivity contribution in [3.05, 3.63) is 24.3 Å². The van der Waals surface area contributed by atoms with Crippen LogP contribution in [0.1, 0.15) is 32.1 Å². The lowest BCUT2D eigenvalue weighted by molar-refractivity contribution is 0.169. The molecule has 1 N–H and O–H groups in total. The van der Waals surface area contributed by atoms with Gasteiger partial charge in [0.25, 0.3) is 0 Å². The van der Waals surface area contributed by atoms with Crippen LogP contribution in [0.5, 0.6) is 0 Å². The molecule has 1 aliphatic carbocycles. The summed E-state index contributed by atoms with van der Waals surface area (Å²) in [6.07, 6.45) is 5.77. The van der Waals surface area contributed by atoms with Crippen molar-refractivity contribution in [2.45, 2.75) is 37.8 Å². The summed E-state index contributed by atoms with van der Waals surface area (Å²) in [4.78, 5) is 14.5. The Hall–Kier alpha value is -2.12. The number of imidazole rings is 1. The van der Waals surface area contributed by atoms with E-state index >= 15 is 0 Å². The first-order chi connectivity index (χ1) is 12.8. The average molecular weight is 354 g/mol. The van der Waals surface area contributed by atoms with Gasteiger partial charge in [-0.2, -0.15) is 0 Å². The second kappa shape index (κ2) is 6.25. The fraction of sp³-hybridized carbons (Fsp3) is 0.579. The maximum Gasteiger partial charge on any atom is 0.216 e. The molecule has 2 aliphatic heterocycles. The molecule has 0 atom stereocenters. The van der Waals surface area contributed by atoms with E-state index in [0.29, 0.717) is 0 Å². The molecule has 0 bridgehead atoms. The predicted molar refractivity (Wildman–Crippen MR) is 102 cm³/mol. The van der Waals surface area contributed by atoms with Crippen molar-refractivity contribution >= 4 is 22.9 Å². The first-order valence-corrected chi connectivity index (χ1v) is 9.60. The molecule has 3 heterocycles. The monoisotopic (exact) mass is 354 g/mol. The largest absolute Gasteiger partial charge is 0.385 e. The van der Waals surface area contributed by atoms with Crippen LogP contribution in [0.25, 0.3) is 11.0 Å². The van der Waals surface area contributed by atoms with Gasteiger partial charge in [-0.3, -0.25) is 14.4 Å². The summed E-state index contributed by atoms with van der Waals surface area (Å²) in [7, 11) is 1.75. The summed E-state index contributed by atoms with van der Waals surface area (Å²) in [5, 5.41) is 3.80. The van der Waals surface area contributed by atoms with E-state index in [9.17, 15) is 0 Å². The van der Waals surface area contributed by atoms with E-state index in [2.05, 4.69) is 43.9 Å². The Morgan fingerprint density at radius 2 is 2.08 bits per heavy atom. The van der Waals surface area contributed by atoms with Crippen LogP contribution in [0.2, 0.25) is 0 Å². The zero-order chi connectivity index (χ0) is 17.6. The maximum absolute atomic E-state index is 5.19. The van der Waals surface area contributed by atoms with Crippen molar-refractivity contribution in [2.75, 3.05) is 38.5 Å². The molecular weight excluding hydrogens is 328 g/mol. The number of fused-ring (bicyclic) bond motifs is 6. The number of hydrogen-bond donors (Lipinski definition) is 1. The third-order valence-electron chi connectivity index (χ3n) is 5.83. The summed E-state index contributed by atoms with van der Waals surface area (Å²) in [6, 6.07) is 8.48. The Labute approximate surface area is 153 Å². The first-order valence-electron chi connectivity index (χ1n) is 9.60. The minimum Gasteiger partial charge on any atom is -0.385 e. The SMILES string of the molecule is COCCCN1CN=C2NC3(CCCC3)n3c(nc4ccccc43)N2C1. The highest BCUT2D eigenvalue weighted by molar-refractivity contribution is 5.99. The van der Waals surface area contributed by atoms with Gasteiger partial charge in [0.05, 0.1) is 24.4 Å². The van der Waals surface area contributed by atoms with Crippen molar-refractivity contribution in [2.24, 2.45) is 4.99 Å². The Morgan fingerprint density at radius 1 is 1.23 bits per heavy atom. The van der Waals surface area contributed by atoms with Crippen molar-refractivity contribution in [3.8, 4) is 0 Å². The average Bonchev–Trinajstić information content (AvgIpc) is 3.28. The molecule has 0 amide bonds. The van der Waals surface area contributed by atoms with Crippen LogP contribution in [0.3, 0.4) is 0 Å². The highest BCUT2D eigenvalue weighted by Crippen LogP contribution is 2.42. The van der Waals surface area contributed by atoms with Crippen LogP contribution in [-0.2, 0) is 10.4 Å². The number of methoxy groups -OCH3 is 1. The number of rotatable bonds is 4. The van der Waals surface area contributed by atoms with E-state index in [1.165, 1.54) is 18.4 Å². The van der Waals surface area contributed by atoms with Gasteiger partial charge in [0.2, 0.25) is 11.9 Å². The summed E-state index contributed by atoms with van der Waals surface area (Å²) >= 11 is 0. The number of nitrogens with one attached hydrogen (secondary N) is 1. The van der Waals surface area contributed by atoms with Crippen LogP contribution in [0.15, 0.2) is 29.3 Å². The normalized spacial score (nSPS) is 21.6. The number of nitrogens with zero attached hydrogens (tertiary/aromatic N) is 5. The van der Waals surface area contributed by atoms with Crippen LogP contribution in [0, 0.1) is 0 Å². The van der Waals surface area contributed by atoms with Crippen molar-refractivity contribution in [1.29, 1.82) is 0 Å². The highest BCUT2D eigenvalue weighted by atomic mass is 16.5. The van der Waals surface area contributed by atoms with E-state index < -0.39 is 0 Å². The number of aliphatic imine (C=N–C) groups is 1. The molecule has 1 fully saturated rings. The molecule has 1 saturated carbocycles. The van der Waals surface area contributed by atoms with Crippen LogP contribution in [-0.4, -0.2) is 54.0 Å². The zero-order valence-electron chi connectivity index (χ0n) is 15.3. The Kier molecular flexibility index (Phi) is 3.86. The molecule has 0 radical (unpaired) electrons. The standard InChI is InChI=1S/C19H26N6O/c1-26-12-6-11-23-13-20-17-22-19(9-4-5-10-19)25-16-8-3-2-7-15(16)21-18(25)24(17)14-23/h2-3,7-8H,4-6,9-14H2,1H3,(H,20,22). The molecular formula is C19H26N6O. The minimum absolute atomic E-state index is 0.0704. The minimum atomic E-state index is -0.0704. The molecule has 26 heavy (non-hydrogen) atoms. The number of ether oxygens (including phenoxy) is 1. The predicted octanol–water partition coefficient (Wildman–Crippen LogP) is 2.30. The zero-order valence-corrected chi connectivity index (χ0v) is 15.3. The van der Waals surface area contributed by atoms with Crippen molar-refractivity contribution < 1.29 is 4.74 Å². The van der Waals surface area contributed by atoms with Gasteiger partial charge < -0.3 is 10.1 Å². The molecule has 1 aromatic carbocycles. The molecule has 0 saturated heterocycles. The number of para-hydroxylation sites is 2. The summed E-state index contributed by atoms with van der Waals surface area (Å²) in [5.41, 5.74) is 2.21. The van der Waals surface area contributed by atoms with Crippen LogP contribution in [0.4, 0.5) is 5.95 Å². The second-order valence-corrected chi connectivity index (χ2v) is 7.53. The van der Waals surface area contributed by atoms with E-state index in [0.717, 1.165) is 63.2 Å². The summed E-state index contributed by atoms with van der Waals surface area (Å²) in [5.74, 6) is 2.01. The molecule has 1 spiro atoms. The number of aromatic nitrogens is 2. The van der Waals surface area contributed by atoms with E-state index in [-0.39, 0.29) is 5.66 Å². The highest BCUT2D eigenvalue weighted by Gasteiger charge is 2.46. The molecule has 1 aromatic heterocycles. The Morgan fingerprint density at radius 3 is 2.92 bits per heavy atom. The molecule has 0 unspecified atom stereocenters. The molecule has 138 valence electrons. The Bertz CT molecular complexity index is 838. The van der Waals surface area contributed by atoms with E-state index in [1.807, 2.05) is 0 Å². The molecule has 7 nitrogen and oxygen atoms in total. The summed E-state index contributed by atoms with van der Waals surface area (Å²) < 4.78 is 7.63. The van der Waals surface area contributed by atoms with Gasteiger partial charge in [-0.05, 0) is 44.2 Å². The van der Waals surface area contributed by atoms with E-state index in [1.54, 1.807) is 7.11 Å². The molecule has 3 aliphatic rings. The lowest BCUT2D eigenvalue weighted by Gasteiger charge is -2.46. The van der Waals surface area contributed by atoms with E-state index in [4.69, 9.17) is 14.7 Å². The van der Waals surface area contributed by atoms with Gasteiger partial charge in [0.15, 0.2) is 0 Å². The number of hydrogen-bond acceptors (Lipinski definition) is 6. The number of guanidine groups is 1. The topological polar surface area (TPSA) is 57.9 Å². The third-order valence-corrected chi connectivity index (χ3v) is 5.83. The maximum atomic E-state index is 5.19. The van der Waals surface area contributed by atoms with Gasteiger partial charge in [-0.1, -0.05) is 12.1 Å². The van der Waals surface area contributed by atoms with Gasteiger partial charge in [-0.15, -0.1) is 0 Å². The Balaban J connectivity index is 1.56. The van der Waals surface area contributed by atoms with Gasteiger partial charge >= 0.3 is 0 Å². The van der Waals surface area contributed by atoms with Gasteiger partial charge in [0.1, 0.15) is 5.66 Å². The van der Waals surface area contributed by atoms with Gasteiger partial charge in [0, 0.05) is 20.3 Å². The first kappa shape index (κ1) is 16.1. The third kappa shape index (κ3) is 2.41.